The minimum atomic E-state index is -0.455. The number of alkyl halides is 1. The van der Waals surface area contributed by atoms with Crippen molar-refractivity contribution in [3.8, 4) is 0 Å². The topological polar surface area (TPSA) is 19.4 Å². The van der Waals surface area contributed by atoms with E-state index in [1.54, 1.807) is 0 Å². The summed E-state index contributed by atoms with van der Waals surface area (Å²) < 4.78 is 13.2. The second-order valence-corrected chi connectivity index (χ2v) is 7.38. The number of benzene rings is 1. The van der Waals surface area contributed by atoms with Gasteiger partial charge in [-0.2, -0.15) is 0 Å². The van der Waals surface area contributed by atoms with Gasteiger partial charge in [-0.05, 0) is 43.8 Å². The lowest BCUT2D eigenvalue weighted by molar-refractivity contribution is 0.213. The molecule has 24 heavy (non-hydrogen) atoms. The Kier molecular flexibility index (Phi) is 4.17. The molecule has 0 bridgehead atoms. The molecule has 2 aliphatic rings. The summed E-state index contributed by atoms with van der Waals surface area (Å²) in [6, 6.07) is 7.96. The van der Waals surface area contributed by atoms with Crippen molar-refractivity contribution in [2.75, 3.05) is 37.6 Å². The number of anilines is 1. The number of likely N-dealkylation sites (tertiary alicyclic amines) is 1. The number of halogens is 1. The highest BCUT2D eigenvalue weighted by atomic mass is 19.1. The molecule has 3 heterocycles. The molecule has 2 fully saturated rings. The Morgan fingerprint density at radius 1 is 1.12 bits per heavy atom. The van der Waals surface area contributed by atoms with Gasteiger partial charge in [-0.1, -0.05) is 25.1 Å². The number of fused-ring (bicyclic) bond motifs is 1. The molecular formula is C20H26FN3. The Morgan fingerprint density at radius 2 is 1.92 bits per heavy atom. The molecule has 128 valence electrons. The third-order valence-corrected chi connectivity index (χ3v) is 6.10. The largest absolute Gasteiger partial charge is 0.371 e. The normalized spacial score (nSPS) is 21.0. The summed E-state index contributed by atoms with van der Waals surface area (Å²) in [4.78, 5) is 9.49. The summed E-state index contributed by atoms with van der Waals surface area (Å²) >= 11 is 0. The molecule has 1 aromatic heterocycles. The summed E-state index contributed by atoms with van der Waals surface area (Å²) in [6.45, 7) is 7.69. The van der Waals surface area contributed by atoms with Crippen molar-refractivity contribution < 1.29 is 4.39 Å². The van der Waals surface area contributed by atoms with Crippen LogP contribution in [0.1, 0.15) is 31.7 Å². The molecule has 0 saturated carbocycles. The fourth-order valence-electron chi connectivity index (χ4n) is 4.53. The number of piperidine rings is 1. The van der Waals surface area contributed by atoms with E-state index in [9.17, 15) is 4.39 Å². The summed E-state index contributed by atoms with van der Waals surface area (Å²) in [5.41, 5.74) is 3.25. The molecule has 1 aromatic carbocycles. The molecule has 0 radical (unpaired) electrons. The van der Waals surface area contributed by atoms with E-state index in [1.165, 1.54) is 44.6 Å². The predicted molar refractivity (Wildman–Crippen MR) is 97.2 cm³/mol. The van der Waals surface area contributed by atoms with Crippen LogP contribution in [0.5, 0.6) is 0 Å². The number of hydrogen-bond acceptors (Lipinski definition) is 3. The SMILES string of the molecule is CCN1CCC2(CCN(c3ccnc4c(CF)cccc34)CC2)C1. The molecule has 1 spiro atoms. The third kappa shape index (κ3) is 2.67. The maximum absolute atomic E-state index is 13.2. The van der Waals surface area contributed by atoms with Crippen LogP contribution in [-0.2, 0) is 6.67 Å². The van der Waals surface area contributed by atoms with Crippen LogP contribution in [0, 0.1) is 5.41 Å². The first kappa shape index (κ1) is 15.8. The first-order valence-electron chi connectivity index (χ1n) is 9.14. The van der Waals surface area contributed by atoms with Gasteiger partial charge in [-0.15, -0.1) is 0 Å². The van der Waals surface area contributed by atoms with Gasteiger partial charge in [-0.25, -0.2) is 4.39 Å². The molecule has 2 aromatic rings. The summed E-state index contributed by atoms with van der Waals surface area (Å²) in [5.74, 6) is 0. The number of aromatic nitrogens is 1. The Labute approximate surface area is 143 Å². The maximum Gasteiger partial charge on any atom is 0.117 e. The molecule has 0 N–H and O–H groups in total. The number of nitrogens with zero attached hydrogens (tertiary/aromatic N) is 3. The van der Waals surface area contributed by atoms with Gasteiger partial charge in [0, 0.05) is 42.5 Å². The van der Waals surface area contributed by atoms with Crippen LogP contribution in [0.25, 0.3) is 10.9 Å². The van der Waals surface area contributed by atoms with Gasteiger partial charge in [0.1, 0.15) is 6.67 Å². The quantitative estimate of drug-likeness (QED) is 0.849. The van der Waals surface area contributed by atoms with Gasteiger partial charge in [0.15, 0.2) is 0 Å². The summed E-state index contributed by atoms with van der Waals surface area (Å²) in [6.07, 6.45) is 5.69. The lowest BCUT2D eigenvalue weighted by atomic mass is 9.77. The molecule has 0 aliphatic carbocycles. The zero-order valence-electron chi connectivity index (χ0n) is 14.5. The van der Waals surface area contributed by atoms with Crippen LogP contribution in [0.4, 0.5) is 10.1 Å². The van der Waals surface area contributed by atoms with E-state index in [0.29, 0.717) is 11.0 Å². The lowest BCUT2D eigenvalue weighted by Gasteiger charge is -2.40. The number of pyridine rings is 1. The highest BCUT2D eigenvalue weighted by Crippen LogP contribution is 2.42. The van der Waals surface area contributed by atoms with Gasteiger partial charge in [0.2, 0.25) is 0 Å². The monoisotopic (exact) mass is 327 g/mol. The average molecular weight is 327 g/mol. The van der Waals surface area contributed by atoms with Crippen molar-refractivity contribution in [1.82, 2.24) is 9.88 Å². The Morgan fingerprint density at radius 3 is 2.62 bits per heavy atom. The summed E-state index contributed by atoms with van der Waals surface area (Å²) in [5, 5.41) is 1.09. The van der Waals surface area contributed by atoms with Crippen LogP contribution in [-0.4, -0.2) is 42.6 Å². The molecule has 3 nitrogen and oxygen atoms in total. The number of rotatable bonds is 3. The van der Waals surface area contributed by atoms with E-state index in [2.05, 4.69) is 33.8 Å². The fraction of sp³-hybridized carbons (Fsp3) is 0.550. The fourth-order valence-corrected chi connectivity index (χ4v) is 4.53. The number of para-hydroxylation sites is 1. The van der Waals surface area contributed by atoms with Crippen LogP contribution < -0.4 is 4.90 Å². The van der Waals surface area contributed by atoms with E-state index in [0.717, 1.165) is 24.0 Å². The zero-order chi connectivity index (χ0) is 16.6. The molecule has 0 atom stereocenters. The minimum absolute atomic E-state index is 0.455. The lowest BCUT2D eigenvalue weighted by Crippen LogP contribution is -2.41. The van der Waals surface area contributed by atoms with E-state index >= 15 is 0 Å². The number of hydrogen-bond donors (Lipinski definition) is 0. The third-order valence-electron chi connectivity index (χ3n) is 6.10. The predicted octanol–water partition coefficient (Wildman–Crippen LogP) is 4.02. The van der Waals surface area contributed by atoms with Crippen LogP contribution in [0.15, 0.2) is 30.5 Å². The molecule has 0 amide bonds. The van der Waals surface area contributed by atoms with Gasteiger partial charge in [-0.3, -0.25) is 4.98 Å². The van der Waals surface area contributed by atoms with E-state index in [-0.39, 0.29) is 0 Å². The second-order valence-electron chi connectivity index (χ2n) is 7.38. The molecule has 4 heteroatoms. The highest BCUT2D eigenvalue weighted by molar-refractivity contribution is 5.93. The molecular weight excluding hydrogens is 301 g/mol. The molecule has 0 unspecified atom stereocenters. The maximum atomic E-state index is 13.2. The van der Waals surface area contributed by atoms with Crippen molar-refractivity contribution >= 4 is 16.6 Å². The highest BCUT2D eigenvalue weighted by Gasteiger charge is 2.40. The van der Waals surface area contributed by atoms with E-state index in [1.807, 2.05) is 18.3 Å². The van der Waals surface area contributed by atoms with E-state index in [4.69, 9.17) is 0 Å². The van der Waals surface area contributed by atoms with Crippen LogP contribution in [0.2, 0.25) is 0 Å². The van der Waals surface area contributed by atoms with E-state index < -0.39 is 6.67 Å². The Hall–Kier alpha value is -1.68. The van der Waals surface area contributed by atoms with Gasteiger partial charge < -0.3 is 9.80 Å². The molecule has 2 aliphatic heterocycles. The zero-order valence-corrected chi connectivity index (χ0v) is 14.5. The Bertz CT molecular complexity index is 722. The van der Waals surface area contributed by atoms with Crippen molar-refractivity contribution in [1.29, 1.82) is 0 Å². The molecule has 4 rings (SSSR count). The van der Waals surface area contributed by atoms with Crippen molar-refractivity contribution in [3.05, 3.63) is 36.0 Å². The van der Waals surface area contributed by atoms with Gasteiger partial charge in [0.25, 0.3) is 0 Å². The second kappa shape index (κ2) is 6.32. The summed E-state index contributed by atoms with van der Waals surface area (Å²) in [7, 11) is 0. The van der Waals surface area contributed by atoms with Gasteiger partial charge >= 0.3 is 0 Å². The van der Waals surface area contributed by atoms with Crippen LogP contribution in [0.3, 0.4) is 0 Å². The first-order valence-corrected chi connectivity index (χ1v) is 9.14. The van der Waals surface area contributed by atoms with Gasteiger partial charge in [0.05, 0.1) is 5.52 Å². The minimum Gasteiger partial charge on any atom is -0.371 e. The van der Waals surface area contributed by atoms with Crippen molar-refractivity contribution in [2.45, 2.75) is 32.9 Å². The first-order chi connectivity index (χ1) is 11.7. The Balaban J connectivity index is 1.57. The van der Waals surface area contributed by atoms with Crippen LogP contribution >= 0.6 is 0 Å². The standard InChI is InChI=1S/C20H26FN3/c1-2-23-11-7-20(15-23)8-12-24(13-9-20)18-6-10-22-19-16(14-21)4-3-5-17(18)19/h3-6,10H,2,7-9,11-15H2,1H3. The van der Waals surface area contributed by atoms with Crippen molar-refractivity contribution in [2.24, 2.45) is 5.41 Å². The van der Waals surface area contributed by atoms with Crippen molar-refractivity contribution in [3.63, 3.8) is 0 Å². The smallest absolute Gasteiger partial charge is 0.117 e. The molecule has 2 saturated heterocycles. The average Bonchev–Trinajstić information content (AvgIpc) is 3.04.